The molecule has 2 fully saturated rings. The summed E-state index contributed by atoms with van der Waals surface area (Å²) in [5.74, 6) is -3.26. The monoisotopic (exact) mass is 461 g/mol. The van der Waals surface area contributed by atoms with Gasteiger partial charge in [-0.25, -0.2) is 4.72 Å². The standard InChI is InChI=1S/C23H41F2N3O2S/c1-16(2)23(24,25)18(4)13-20(31(29,30)28-15-19-14-27-19)17(3)10-12-26-21-9-7-8-11-22(21,5)6/h19,21,26-30H,1,4,7-15H2,2-3,5-6H3. The number of hydrogen-bond donors (Lipinski definition) is 5. The molecule has 1 saturated heterocycles. The first-order valence-electron chi connectivity index (χ1n) is 11.2. The van der Waals surface area contributed by atoms with E-state index in [2.05, 4.69) is 42.4 Å². The summed E-state index contributed by atoms with van der Waals surface area (Å²) < 4.78 is 53.3. The van der Waals surface area contributed by atoms with Gasteiger partial charge in [0.2, 0.25) is 0 Å². The average molecular weight is 462 g/mol. The summed E-state index contributed by atoms with van der Waals surface area (Å²) in [7, 11) is -3.40. The summed E-state index contributed by atoms with van der Waals surface area (Å²) in [6, 6.07) is 0.586. The summed E-state index contributed by atoms with van der Waals surface area (Å²) >= 11 is 0. The first-order valence-corrected chi connectivity index (χ1v) is 12.7. The zero-order chi connectivity index (χ0) is 23.4. The Bertz CT molecular complexity index is 703. The van der Waals surface area contributed by atoms with Gasteiger partial charge in [-0.15, -0.1) is 10.8 Å². The minimum atomic E-state index is -3.40. The smallest absolute Gasteiger partial charge is 0.290 e. The summed E-state index contributed by atoms with van der Waals surface area (Å²) in [6.07, 6.45) is 5.02. The molecular weight excluding hydrogens is 420 g/mol. The van der Waals surface area contributed by atoms with Crippen LogP contribution in [0.2, 0.25) is 0 Å². The molecule has 1 aliphatic heterocycles. The van der Waals surface area contributed by atoms with E-state index in [0.717, 1.165) is 13.0 Å². The van der Waals surface area contributed by atoms with Crippen LogP contribution in [-0.4, -0.2) is 46.7 Å². The van der Waals surface area contributed by atoms with E-state index in [1.165, 1.54) is 26.2 Å². The fourth-order valence-corrected chi connectivity index (χ4v) is 5.65. The average Bonchev–Trinajstić information content (AvgIpc) is 3.49. The number of allylic oxidation sites excluding steroid dienone is 3. The number of rotatable bonds is 12. The van der Waals surface area contributed by atoms with Gasteiger partial charge in [0.25, 0.3) is 5.92 Å². The molecule has 2 rings (SSSR count). The zero-order valence-electron chi connectivity index (χ0n) is 19.5. The maximum atomic E-state index is 14.4. The van der Waals surface area contributed by atoms with Crippen molar-refractivity contribution in [1.29, 1.82) is 0 Å². The molecular formula is C23H41F2N3O2S. The lowest BCUT2D eigenvalue weighted by molar-refractivity contribution is 0.0817. The first-order chi connectivity index (χ1) is 14.3. The van der Waals surface area contributed by atoms with Crippen LogP contribution in [0, 0.1) is 5.41 Å². The lowest BCUT2D eigenvalue weighted by atomic mass is 9.73. The molecule has 31 heavy (non-hydrogen) atoms. The number of halogens is 2. The lowest BCUT2D eigenvalue weighted by Crippen LogP contribution is -2.44. The number of nitrogens with one attached hydrogen (secondary N) is 3. The molecule has 5 N–H and O–H groups in total. The van der Waals surface area contributed by atoms with E-state index < -0.39 is 16.7 Å². The minimum absolute atomic E-state index is 0.183. The topological polar surface area (TPSA) is 86.5 Å². The van der Waals surface area contributed by atoms with Crippen molar-refractivity contribution in [2.45, 2.75) is 84.2 Å². The van der Waals surface area contributed by atoms with E-state index in [1.807, 2.05) is 0 Å². The molecule has 2 atom stereocenters. The molecule has 1 saturated carbocycles. The van der Waals surface area contributed by atoms with E-state index >= 15 is 0 Å². The highest BCUT2D eigenvalue weighted by Crippen LogP contribution is 2.50. The Hall–Kier alpha value is -0.770. The van der Waals surface area contributed by atoms with Gasteiger partial charge in [-0.1, -0.05) is 45.4 Å². The summed E-state index contributed by atoms with van der Waals surface area (Å²) in [5.41, 5.74) is 0.249. The minimum Gasteiger partial charge on any atom is -0.313 e. The van der Waals surface area contributed by atoms with Crippen molar-refractivity contribution in [3.8, 4) is 0 Å². The largest absolute Gasteiger partial charge is 0.313 e. The van der Waals surface area contributed by atoms with Gasteiger partial charge in [0, 0.05) is 37.2 Å². The van der Waals surface area contributed by atoms with Crippen LogP contribution in [0.1, 0.15) is 66.2 Å². The van der Waals surface area contributed by atoms with E-state index in [1.54, 1.807) is 6.92 Å². The third kappa shape index (κ3) is 7.37. The van der Waals surface area contributed by atoms with Crippen molar-refractivity contribution >= 4 is 10.8 Å². The van der Waals surface area contributed by atoms with E-state index in [9.17, 15) is 17.9 Å². The molecule has 5 nitrogen and oxygen atoms in total. The Morgan fingerprint density at radius 2 is 1.87 bits per heavy atom. The number of alkyl halides is 2. The predicted molar refractivity (Wildman–Crippen MR) is 128 cm³/mol. The summed E-state index contributed by atoms with van der Waals surface area (Å²) in [6.45, 7) is 16.4. The molecule has 0 amide bonds. The van der Waals surface area contributed by atoms with Gasteiger partial charge in [-0.3, -0.25) is 9.11 Å². The Balaban J connectivity index is 2.13. The summed E-state index contributed by atoms with van der Waals surface area (Å²) in [4.78, 5) is 0.212. The molecule has 180 valence electrons. The molecule has 8 heteroatoms. The van der Waals surface area contributed by atoms with E-state index in [-0.39, 0.29) is 33.9 Å². The Kier molecular flexibility index (Phi) is 8.92. The third-order valence-electron chi connectivity index (χ3n) is 6.60. The van der Waals surface area contributed by atoms with Gasteiger partial charge in [0.1, 0.15) is 0 Å². The molecule has 2 aliphatic rings. The van der Waals surface area contributed by atoms with Crippen LogP contribution in [0.15, 0.2) is 34.8 Å². The molecule has 2 unspecified atom stereocenters. The van der Waals surface area contributed by atoms with Crippen molar-refractivity contribution in [2.75, 3.05) is 19.6 Å². The van der Waals surface area contributed by atoms with Gasteiger partial charge in [-0.2, -0.15) is 8.78 Å². The molecule has 1 heterocycles. The first kappa shape index (κ1) is 26.5. The highest BCUT2D eigenvalue weighted by atomic mass is 32.3. The van der Waals surface area contributed by atoms with E-state index in [4.69, 9.17) is 0 Å². The van der Waals surface area contributed by atoms with Crippen molar-refractivity contribution in [3.63, 3.8) is 0 Å². The van der Waals surface area contributed by atoms with Crippen molar-refractivity contribution < 1.29 is 17.9 Å². The predicted octanol–water partition coefficient (Wildman–Crippen LogP) is 5.59. The van der Waals surface area contributed by atoms with Crippen molar-refractivity contribution in [3.05, 3.63) is 34.8 Å². The zero-order valence-corrected chi connectivity index (χ0v) is 20.3. The van der Waals surface area contributed by atoms with Crippen molar-refractivity contribution in [2.24, 2.45) is 5.41 Å². The maximum Gasteiger partial charge on any atom is 0.290 e. The Morgan fingerprint density at radius 3 is 2.42 bits per heavy atom. The van der Waals surface area contributed by atoms with Crippen LogP contribution in [0.4, 0.5) is 8.78 Å². The SMILES string of the molecule is C=C(C)C(F)(F)C(=C)CC(=C(C)CCNC1CCCCC1(C)C)S(O)(O)NCC1CN1. The van der Waals surface area contributed by atoms with E-state index in [0.29, 0.717) is 31.1 Å². The molecule has 0 radical (unpaired) electrons. The fraction of sp³-hybridized carbons (Fsp3) is 0.739. The van der Waals surface area contributed by atoms with Gasteiger partial charge in [0.05, 0.1) is 4.91 Å². The molecule has 0 spiro atoms. The van der Waals surface area contributed by atoms with Crippen LogP contribution in [0.25, 0.3) is 0 Å². The van der Waals surface area contributed by atoms with Crippen LogP contribution in [0.5, 0.6) is 0 Å². The lowest BCUT2D eigenvalue weighted by Gasteiger charge is -2.40. The maximum absolute atomic E-state index is 14.4. The molecule has 0 aromatic carbocycles. The van der Waals surface area contributed by atoms with Crippen molar-refractivity contribution in [1.82, 2.24) is 15.4 Å². The highest BCUT2D eigenvalue weighted by molar-refractivity contribution is 8.26. The van der Waals surface area contributed by atoms with Gasteiger partial charge < -0.3 is 10.6 Å². The second-order valence-electron chi connectivity index (χ2n) is 9.83. The fourth-order valence-electron chi connectivity index (χ4n) is 4.08. The summed E-state index contributed by atoms with van der Waals surface area (Å²) in [5, 5.41) is 6.69. The normalized spacial score (nSPS) is 25.0. The molecule has 0 aromatic heterocycles. The van der Waals surface area contributed by atoms with Crippen LogP contribution in [0.3, 0.4) is 0 Å². The second-order valence-corrected chi connectivity index (χ2v) is 11.7. The quantitative estimate of drug-likeness (QED) is 0.193. The third-order valence-corrected chi connectivity index (χ3v) is 8.34. The Morgan fingerprint density at radius 1 is 1.23 bits per heavy atom. The van der Waals surface area contributed by atoms with Crippen LogP contribution in [-0.2, 0) is 0 Å². The second kappa shape index (κ2) is 10.4. The van der Waals surface area contributed by atoms with Crippen LogP contribution < -0.4 is 15.4 Å². The van der Waals surface area contributed by atoms with Gasteiger partial charge in [-0.05, 0) is 50.6 Å². The molecule has 0 aromatic rings. The Labute approximate surface area is 188 Å². The molecule has 0 bridgehead atoms. The van der Waals surface area contributed by atoms with Gasteiger partial charge >= 0.3 is 0 Å². The van der Waals surface area contributed by atoms with Crippen LogP contribution >= 0.6 is 10.8 Å². The highest BCUT2D eigenvalue weighted by Gasteiger charge is 2.37. The van der Waals surface area contributed by atoms with Gasteiger partial charge in [0.15, 0.2) is 0 Å². The molecule has 1 aliphatic carbocycles. The number of hydrogen-bond acceptors (Lipinski definition) is 5.